The molecule has 0 amide bonds. The summed E-state index contributed by atoms with van der Waals surface area (Å²) in [5.41, 5.74) is 7.21. The Labute approximate surface area is 87.0 Å². The maximum Gasteiger partial charge on any atom is 0.318 e. The van der Waals surface area contributed by atoms with E-state index < -0.39 is 0 Å². The second kappa shape index (κ2) is 3.91. The highest BCUT2D eigenvalue weighted by atomic mass is 16.5. The molecule has 2 N–H and O–H groups in total. The molecule has 5 nitrogen and oxygen atoms in total. The van der Waals surface area contributed by atoms with Gasteiger partial charge in [0, 0.05) is 12.4 Å². The van der Waals surface area contributed by atoms with E-state index in [9.17, 15) is 0 Å². The molecule has 76 valence electrons. The minimum absolute atomic E-state index is 0.257. The Hall–Kier alpha value is -2.17. The van der Waals surface area contributed by atoms with E-state index >= 15 is 0 Å². The average molecular weight is 202 g/mol. The highest BCUT2D eigenvalue weighted by Gasteiger charge is 2.06. The third kappa shape index (κ3) is 1.85. The number of hydrogen-bond donors (Lipinski definition) is 1. The molecule has 2 aromatic heterocycles. The van der Waals surface area contributed by atoms with Crippen LogP contribution in [-0.4, -0.2) is 22.1 Å². The Morgan fingerprint density at radius 1 is 1.27 bits per heavy atom. The predicted molar refractivity (Wildman–Crippen MR) is 56.2 cm³/mol. The molecule has 0 aliphatic carbocycles. The van der Waals surface area contributed by atoms with Gasteiger partial charge in [0.2, 0.25) is 0 Å². The van der Waals surface area contributed by atoms with Gasteiger partial charge >= 0.3 is 6.01 Å². The Balaban J connectivity index is 2.46. The fourth-order valence-corrected chi connectivity index (χ4v) is 1.20. The molecule has 0 saturated carbocycles. The van der Waals surface area contributed by atoms with Crippen LogP contribution in [0, 0.1) is 0 Å². The normalized spacial score (nSPS) is 9.93. The van der Waals surface area contributed by atoms with E-state index in [0.717, 1.165) is 5.69 Å². The molecule has 0 fully saturated rings. The third-order valence-electron chi connectivity index (χ3n) is 1.92. The Morgan fingerprint density at radius 3 is 2.73 bits per heavy atom. The van der Waals surface area contributed by atoms with Crippen LogP contribution in [0.15, 0.2) is 30.6 Å². The van der Waals surface area contributed by atoms with Crippen LogP contribution in [0.3, 0.4) is 0 Å². The van der Waals surface area contributed by atoms with Crippen molar-refractivity contribution in [3.63, 3.8) is 0 Å². The molecular formula is C10H10N4O. The summed E-state index contributed by atoms with van der Waals surface area (Å²) >= 11 is 0. The van der Waals surface area contributed by atoms with Gasteiger partial charge < -0.3 is 10.5 Å². The van der Waals surface area contributed by atoms with Crippen molar-refractivity contribution in [3.8, 4) is 17.3 Å². The van der Waals surface area contributed by atoms with Crippen LogP contribution in [0.1, 0.15) is 0 Å². The molecule has 0 spiro atoms. The lowest BCUT2D eigenvalue weighted by Crippen LogP contribution is -1.99. The molecule has 0 bridgehead atoms. The summed E-state index contributed by atoms with van der Waals surface area (Å²) in [6, 6.07) is 5.82. The zero-order valence-electron chi connectivity index (χ0n) is 8.21. The van der Waals surface area contributed by atoms with Gasteiger partial charge in [0.1, 0.15) is 5.82 Å². The Kier molecular flexibility index (Phi) is 2.45. The summed E-state index contributed by atoms with van der Waals surface area (Å²) in [5, 5.41) is 0. The van der Waals surface area contributed by atoms with Crippen molar-refractivity contribution < 1.29 is 4.74 Å². The smallest absolute Gasteiger partial charge is 0.318 e. The third-order valence-corrected chi connectivity index (χ3v) is 1.92. The minimum atomic E-state index is 0.257. The minimum Gasteiger partial charge on any atom is -0.467 e. The molecule has 2 heterocycles. The van der Waals surface area contributed by atoms with Crippen molar-refractivity contribution in [3.05, 3.63) is 30.6 Å². The summed E-state index contributed by atoms with van der Waals surface area (Å²) in [7, 11) is 1.50. The van der Waals surface area contributed by atoms with E-state index in [-0.39, 0.29) is 6.01 Å². The van der Waals surface area contributed by atoms with Gasteiger partial charge in [-0.2, -0.15) is 4.98 Å². The van der Waals surface area contributed by atoms with Gasteiger partial charge in [0.25, 0.3) is 0 Å². The Morgan fingerprint density at radius 2 is 2.13 bits per heavy atom. The molecule has 2 rings (SSSR count). The van der Waals surface area contributed by atoms with E-state index in [1.54, 1.807) is 12.4 Å². The number of nitrogens with two attached hydrogens (primary N) is 1. The lowest BCUT2D eigenvalue weighted by Gasteiger charge is -2.04. The molecule has 0 saturated heterocycles. The van der Waals surface area contributed by atoms with Crippen molar-refractivity contribution in [2.24, 2.45) is 0 Å². The van der Waals surface area contributed by atoms with Gasteiger partial charge in [0.15, 0.2) is 0 Å². The zero-order valence-corrected chi connectivity index (χ0v) is 8.21. The topological polar surface area (TPSA) is 73.9 Å². The fourth-order valence-electron chi connectivity index (χ4n) is 1.20. The molecular weight excluding hydrogens is 192 g/mol. The van der Waals surface area contributed by atoms with Crippen LogP contribution >= 0.6 is 0 Å². The monoisotopic (exact) mass is 202 g/mol. The first-order valence-corrected chi connectivity index (χ1v) is 4.39. The second-order valence-corrected chi connectivity index (χ2v) is 2.87. The number of nitrogen functional groups attached to an aromatic ring is 1. The van der Waals surface area contributed by atoms with E-state index in [1.807, 2.05) is 18.2 Å². The zero-order chi connectivity index (χ0) is 10.7. The maximum atomic E-state index is 5.76. The highest BCUT2D eigenvalue weighted by molar-refractivity contribution is 5.69. The number of hydrogen-bond acceptors (Lipinski definition) is 5. The molecule has 5 heteroatoms. The average Bonchev–Trinajstić information content (AvgIpc) is 2.30. The summed E-state index contributed by atoms with van der Waals surface area (Å²) in [4.78, 5) is 12.1. The van der Waals surface area contributed by atoms with Gasteiger partial charge in [-0.1, -0.05) is 6.07 Å². The number of methoxy groups -OCH3 is 1. The lowest BCUT2D eigenvalue weighted by atomic mass is 10.2. The van der Waals surface area contributed by atoms with Crippen molar-refractivity contribution in [1.82, 2.24) is 15.0 Å². The SMILES string of the molecule is COc1ncc(-c2ccccn2)c(N)n1. The molecule has 2 aromatic rings. The van der Waals surface area contributed by atoms with Gasteiger partial charge in [-0.15, -0.1) is 0 Å². The van der Waals surface area contributed by atoms with E-state index in [4.69, 9.17) is 10.5 Å². The highest BCUT2D eigenvalue weighted by Crippen LogP contribution is 2.22. The van der Waals surface area contributed by atoms with E-state index in [1.165, 1.54) is 7.11 Å². The van der Waals surface area contributed by atoms with Crippen LogP contribution < -0.4 is 10.5 Å². The fraction of sp³-hybridized carbons (Fsp3) is 0.100. The number of rotatable bonds is 2. The molecule has 0 atom stereocenters. The van der Waals surface area contributed by atoms with Crippen molar-refractivity contribution >= 4 is 5.82 Å². The van der Waals surface area contributed by atoms with Gasteiger partial charge in [-0.3, -0.25) is 4.98 Å². The number of ether oxygens (including phenoxy) is 1. The van der Waals surface area contributed by atoms with Gasteiger partial charge in [-0.25, -0.2) is 4.98 Å². The molecule has 0 unspecified atom stereocenters. The van der Waals surface area contributed by atoms with Crippen LogP contribution in [0.4, 0.5) is 5.82 Å². The maximum absolute atomic E-state index is 5.76. The number of nitrogens with zero attached hydrogens (tertiary/aromatic N) is 3. The van der Waals surface area contributed by atoms with Crippen LogP contribution in [0.25, 0.3) is 11.3 Å². The number of anilines is 1. The van der Waals surface area contributed by atoms with E-state index in [0.29, 0.717) is 11.4 Å². The number of pyridine rings is 1. The largest absolute Gasteiger partial charge is 0.467 e. The summed E-state index contributed by atoms with van der Waals surface area (Å²) < 4.78 is 4.86. The first kappa shape index (κ1) is 9.39. The molecule has 0 aliphatic rings. The van der Waals surface area contributed by atoms with Crippen molar-refractivity contribution in [2.45, 2.75) is 0 Å². The predicted octanol–water partition coefficient (Wildman–Crippen LogP) is 1.13. The second-order valence-electron chi connectivity index (χ2n) is 2.87. The summed E-state index contributed by atoms with van der Waals surface area (Å²) in [6.45, 7) is 0. The quantitative estimate of drug-likeness (QED) is 0.790. The van der Waals surface area contributed by atoms with Crippen LogP contribution in [-0.2, 0) is 0 Å². The first-order chi connectivity index (χ1) is 7.31. The first-order valence-electron chi connectivity index (χ1n) is 4.39. The Bertz CT molecular complexity index is 458. The summed E-state index contributed by atoms with van der Waals surface area (Å²) in [5.74, 6) is 0.362. The molecule has 0 radical (unpaired) electrons. The molecule has 0 aromatic carbocycles. The van der Waals surface area contributed by atoms with Crippen LogP contribution in [0.5, 0.6) is 6.01 Å². The van der Waals surface area contributed by atoms with Gasteiger partial charge in [0.05, 0.1) is 18.4 Å². The van der Waals surface area contributed by atoms with Crippen LogP contribution in [0.2, 0.25) is 0 Å². The summed E-state index contributed by atoms with van der Waals surface area (Å²) in [6.07, 6.45) is 3.29. The number of aromatic nitrogens is 3. The van der Waals surface area contributed by atoms with Crippen molar-refractivity contribution in [2.75, 3.05) is 12.8 Å². The molecule has 0 aliphatic heterocycles. The van der Waals surface area contributed by atoms with Gasteiger partial charge in [-0.05, 0) is 12.1 Å². The van der Waals surface area contributed by atoms with Crippen molar-refractivity contribution in [1.29, 1.82) is 0 Å². The standard InChI is InChI=1S/C10H10N4O/c1-15-10-13-6-7(9(11)14-10)8-4-2-3-5-12-8/h2-6H,1H3,(H2,11,13,14). The van der Waals surface area contributed by atoms with E-state index in [2.05, 4.69) is 15.0 Å². The lowest BCUT2D eigenvalue weighted by molar-refractivity contribution is 0.380. The molecule has 15 heavy (non-hydrogen) atoms.